The quantitative estimate of drug-likeness (QED) is 0.733. The van der Waals surface area contributed by atoms with Gasteiger partial charge in [-0.25, -0.2) is 0 Å². The van der Waals surface area contributed by atoms with Gasteiger partial charge >= 0.3 is 0 Å². The molecule has 21 heavy (non-hydrogen) atoms. The fraction of sp³-hybridized carbons (Fsp3) is 0.812. The fourth-order valence-corrected chi connectivity index (χ4v) is 3.96. The van der Waals surface area contributed by atoms with Crippen molar-refractivity contribution in [3.63, 3.8) is 0 Å². The van der Waals surface area contributed by atoms with E-state index in [1.807, 2.05) is 26.8 Å². The molecule has 0 amide bonds. The molecule has 1 spiro atoms. The van der Waals surface area contributed by atoms with E-state index < -0.39 is 25.8 Å². The van der Waals surface area contributed by atoms with Gasteiger partial charge in [-0.2, -0.15) is 0 Å². The van der Waals surface area contributed by atoms with Gasteiger partial charge in [0.2, 0.25) is 0 Å². The van der Waals surface area contributed by atoms with Crippen LogP contribution in [0.3, 0.4) is 0 Å². The minimum Gasteiger partial charge on any atom is -0.404 e. The highest BCUT2D eigenvalue weighted by atomic mass is 28.4. The number of hydrogen-bond acceptors (Lipinski definition) is 4. The molecule has 1 aliphatic heterocycles. The molecule has 0 bridgehead atoms. The van der Waals surface area contributed by atoms with Crippen LogP contribution in [0, 0.1) is 0 Å². The van der Waals surface area contributed by atoms with Gasteiger partial charge < -0.3 is 13.9 Å². The van der Waals surface area contributed by atoms with Crippen molar-refractivity contribution in [2.75, 3.05) is 0 Å². The largest absolute Gasteiger partial charge is 0.404 e. The molecular formula is C16H28O4Si. The molecule has 0 aromatic carbocycles. The summed E-state index contributed by atoms with van der Waals surface area (Å²) in [4.78, 5) is 12.4. The van der Waals surface area contributed by atoms with E-state index in [4.69, 9.17) is 13.9 Å². The maximum Gasteiger partial charge on any atom is 0.193 e. The van der Waals surface area contributed by atoms with Gasteiger partial charge in [-0.1, -0.05) is 20.8 Å². The smallest absolute Gasteiger partial charge is 0.193 e. The molecule has 120 valence electrons. The molecule has 2 rings (SSSR count). The van der Waals surface area contributed by atoms with E-state index in [1.165, 1.54) is 0 Å². The van der Waals surface area contributed by atoms with Crippen molar-refractivity contribution in [2.45, 2.75) is 83.3 Å². The van der Waals surface area contributed by atoms with Gasteiger partial charge in [-0.3, -0.25) is 4.79 Å². The van der Waals surface area contributed by atoms with Crippen LogP contribution >= 0.6 is 0 Å². The first-order valence-corrected chi connectivity index (χ1v) is 10.5. The van der Waals surface area contributed by atoms with Crippen LogP contribution in [0.1, 0.15) is 41.5 Å². The minimum atomic E-state index is -2.08. The predicted molar refractivity (Wildman–Crippen MR) is 84.7 cm³/mol. The van der Waals surface area contributed by atoms with Crippen LogP contribution in [0.25, 0.3) is 0 Å². The molecule has 1 fully saturated rings. The number of hydrogen-bond donors (Lipinski definition) is 0. The molecule has 4 nitrogen and oxygen atoms in total. The zero-order valence-corrected chi connectivity index (χ0v) is 15.4. The third-order valence-corrected chi connectivity index (χ3v) is 9.35. The third kappa shape index (κ3) is 2.76. The Labute approximate surface area is 129 Å². The van der Waals surface area contributed by atoms with Crippen molar-refractivity contribution >= 4 is 14.1 Å². The average Bonchev–Trinajstić information content (AvgIpc) is 2.68. The van der Waals surface area contributed by atoms with Crippen molar-refractivity contribution in [2.24, 2.45) is 0 Å². The van der Waals surface area contributed by atoms with Crippen molar-refractivity contribution in [3.05, 3.63) is 12.2 Å². The van der Waals surface area contributed by atoms with E-state index in [9.17, 15) is 4.79 Å². The third-order valence-electron chi connectivity index (χ3n) is 4.91. The number of carbonyl (C=O) groups is 1. The second-order valence-electron chi connectivity index (χ2n) is 8.11. The molecule has 1 heterocycles. The highest BCUT2D eigenvalue weighted by molar-refractivity contribution is 6.74. The van der Waals surface area contributed by atoms with Crippen LogP contribution in [-0.4, -0.2) is 37.7 Å². The van der Waals surface area contributed by atoms with E-state index in [2.05, 4.69) is 33.9 Å². The van der Waals surface area contributed by atoms with Gasteiger partial charge in [0.05, 0.1) is 6.10 Å². The molecule has 5 heteroatoms. The van der Waals surface area contributed by atoms with E-state index in [1.54, 1.807) is 6.08 Å². The van der Waals surface area contributed by atoms with Gasteiger partial charge in [0.25, 0.3) is 0 Å². The lowest BCUT2D eigenvalue weighted by Gasteiger charge is -2.42. The lowest BCUT2D eigenvalue weighted by molar-refractivity contribution is -0.169. The van der Waals surface area contributed by atoms with Crippen LogP contribution < -0.4 is 0 Å². The van der Waals surface area contributed by atoms with Gasteiger partial charge in [0.15, 0.2) is 19.9 Å². The highest BCUT2D eigenvalue weighted by Crippen LogP contribution is 2.46. The lowest BCUT2D eigenvalue weighted by Crippen LogP contribution is -2.56. The first-order valence-electron chi connectivity index (χ1n) is 7.60. The first-order chi connectivity index (χ1) is 9.31. The van der Waals surface area contributed by atoms with Crippen molar-refractivity contribution < 1.29 is 18.7 Å². The van der Waals surface area contributed by atoms with Crippen LogP contribution in [0.5, 0.6) is 0 Å². The molecule has 0 aromatic heterocycles. The number of carbonyl (C=O) groups excluding carboxylic acids is 1. The zero-order chi connectivity index (χ0) is 16.3. The second-order valence-corrected chi connectivity index (χ2v) is 12.9. The Kier molecular flexibility index (Phi) is 3.82. The summed E-state index contributed by atoms with van der Waals surface area (Å²) in [7, 11) is -2.08. The number of ether oxygens (including phenoxy) is 2. The molecule has 0 radical (unpaired) electrons. The Bertz CT molecular complexity index is 475. The maximum absolute atomic E-state index is 12.4. The van der Waals surface area contributed by atoms with Gasteiger partial charge in [-0.05, 0) is 51.1 Å². The van der Waals surface area contributed by atoms with Gasteiger partial charge in [0.1, 0.15) is 11.7 Å². The average molecular weight is 312 g/mol. The predicted octanol–water partition coefficient (Wildman–Crippen LogP) is 3.43. The molecule has 2 aliphatic rings. The second kappa shape index (κ2) is 4.75. The monoisotopic (exact) mass is 312 g/mol. The standard InChI is InChI=1S/C16H28O4Si/c1-11-16(20-15(5,6)18-11)10-9-12(17)13(16)19-21(7,8)14(2,3)4/h9-11,13H,1-8H3/t11-,13+,16-/m1/s1. The normalized spacial score (nSPS) is 35.9. The zero-order valence-electron chi connectivity index (χ0n) is 14.4. The first kappa shape index (κ1) is 16.9. The molecular weight excluding hydrogens is 284 g/mol. The summed E-state index contributed by atoms with van der Waals surface area (Å²) in [6, 6.07) is 0. The van der Waals surface area contributed by atoms with E-state index in [0.717, 1.165) is 0 Å². The topological polar surface area (TPSA) is 44.8 Å². The van der Waals surface area contributed by atoms with Crippen molar-refractivity contribution in [1.29, 1.82) is 0 Å². The Morgan fingerprint density at radius 2 is 1.86 bits per heavy atom. The van der Waals surface area contributed by atoms with Gasteiger partial charge in [0, 0.05) is 0 Å². The maximum atomic E-state index is 12.4. The van der Waals surface area contributed by atoms with E-state index in [0.29, 0.717) is 0 Å². The number of rotatable bonds is 2. The Morgan fingerprint density at radius 1 is 1.29 bits per heavy atom. The molecule has 3 atom stereocenters. The summed E-state index contributed by atoms with van der Waals surface area (Å²) in [5, 5.41) is 0.0370. The molecule has 0 N–H and O–H groups in total. The van der Waals surface area contributed by atoms with Gasteiger partial charge in [-0.15, -0.1) is 0 Å². The van der Waals surface area contributed by atoms with Crippen LogP contribution in [0.4, 0.5) is 0 Å². The molecule has 1 saturated heterocycles. The Hall–Kier alpha value is -0.493. The summed E-state index contributed by atoms with van der Waals surface area (Å²) >= 11 is 0. The van der Waals surface area contributed by atoms with Crippen molar-refractivity contribution in [3.8, 4) is 0 Å². The summed E-state index contributed by atoms with van der Waals surface area (Å²) < 4.78 is 18.4. The van der Waals surface area contributed by atoms with Crippen LogP contribution in [0.2, 0.25) is 18.1 Å². The molecule has 1 aliphatic carbocycles. The number of ketones is 1. The lowest BCUT2D eigenvalue weighted by atomic mass is 9.94. The summed E-state index contributed by atoms with van der Waals surface area (Å²) in [5.74, 6) is -0.725. The SMILES string of the molecule is C[C@H]1OC(C)(C)O[C@]12C=CC(=O)[C@@H]2O[Si](C)(C)C(C)(C)C. The van der Waals surface area contributed by atoms with Crippen LogP contribution in [-0.2, 0) is 18.7 Å². The minimum absolute atomic E-state index is 0.0204. The highest BCUT2D eigenvalue weighted by Gasteiger charge is 2.60. The Morgan fingerprint density at radius 3 is 2.29 bits per heavy atom. The summed E-state index contributed by atoms with van der Waals surface area (Å²) in [5.41, 5.74) is -0.796. The molecule has 0 unspecified atom stereocenters. The van der Waals surface area contributed by atoms with Crippen LogP contribution in [0.15, 0.2) is 12.2 Å². The van der Waals surface area contributed by atoms with Crippen molar-refractivity contribution in [1.82, 2.24) is 0 Å². The Balaban J connectivity index is 2.33. The fourth-order valence-electron chi connectivity index (χ4n) is 2.72. The molecule has 0 saturated carbocycles. The van der Waals surface area contributed by atoms with E-state index >= 15 is 0 Å². The summed E-state index contributed by atoms with van der Waals surface area (Å²) in [6.07, 6.45) is 2.59. The summed E-state index contributed by atoms with van der Waals surface area (Å²) in [6.45, 7) is 16.5. The van der Waals surface area contributed by atoms with E-state index in [-0.39, 0.29) is 16.9 Å². The molecule has 0 aromatic rings.